The van der Waals surface area contributed by atoms with E-state index in [0.29, 0.717) is 6.61 Å². The van der Waals surface area contributed by atoms with Crippen molar-refractivity contribution in [2.75, 3.05) is 0 Å². The summed E-state index contributed by atoms with van der Waals surface area (Å²) in [7, 11) is 0. The summed E-state index contributed by atoms with van der Waals surface area (Å²) in [6.07, 6.45) is 0.819. The van der Waals surface area contributed by atoms with Crippen molar-refractivity contribution in [1.29, 1.82) is 0 Å². The molecule has 0 fully saturated rings. The van der Waals surface area contributed by atoms with Crippen molar-refractivity contribution in [3.8, 4) is 5.75 Å². The van der Waals surface area contributed by atoms with Gasteiger partial charge < -0.3 is 10.5 Å². The Bertz CT molecular complexity index is 537. The lowest BCUT2D eigenvalue weighted by atomic mass is 10.0. The van der Waals surface area contributed by atoms with Crippen molar-refractivity contribution in [2.24, 2.45) is 5.73 Å². The molecule has 2 aromatic rings. The lowest BCUT2D eigenvalue weighted by molar-refractivity contribution is 0.303. The lowest BCUT2D eigenvalue weighted by Gasteiger charge is -2.16. The van der Waals surface area contributed by atoms with E-state index in [1.165, 1.54) is 10.4 Å². The molecule has 0 aliphatic rings. The Balaban J connectivity index is 2.21. The van der Waals surface area contributed by atoms with Gasteiger partial charge in [0, 0.05) is 15.4 Å². The third-order valence-electron chi connectivity index (χ3n) is 2.80. The highest BCUT2D eigenvalue weighted by Crippen LogP contribution is 2.30. The van der Waals surface area contributed by atoms with Crippen LogP contribution in [0.2, 0.25) is 0 Å². The van der Waals surface area contributed by atoms with E-state index in [-0.39, 0.29) is 6.04 Å². The first kappa shape index (κ1) is 14.6. The molecule has 2 nitrogen and oxygen atoms in total. The molecule has 1 atom stereocenters. The van der Waals surface area contributed by atoms with E-state index in [1.54, 1.807) is 11.3 Å². The third-order valence-corrected chi connectivity index (χ3v) is 4.10. The first-order valence-electron chi connectivity index (χ1n) is 6.26. The van der Waals surface area contributed by atoms with Crippen molar-refractivity contribution >= 4 is 27.3 Å². The zero-order valence-corrected chi connectivity index (χ0v) is 13.6. The SMILES string of the molecule is Cc1cc(Br)cc(CC(C)N)c1OCc1cccs1. The highest BCUT2D eigenvalue weighted by molar-refractivity contribution is 9.10. The zero-order valence-electron chi connectivity index (χ0n) is 11.2. The summed E-state index contributed by atoms with van der Waals surface area (Å²) in [4.78, 5) is 1.23. The molecule has 0 bridgehead atoms. The van der Waals surface area contributed by atoms with Crippen LogP contribution in [0.25, 0.3) is 0 Å². The number of nitrogens with two attached hydrogens (primary N) is 1. The number of hydrogen-bond donors (Lipinski definition) is 1. The zero-order chi connectivity index (χ0) is 13.8. The summed E-state index contributed by atoms with van der Waals surface area (Å²) >= 11 is 5.24. The molecule has 1 unspecified atom stereocenters. The number of ether oxygens (including phenoxy) is 1. The van der Waals surface area contributed by atoms with E-state index in [1.807, 2.05) is 13.0 Å². The fourth-order valence-corrected chi connectivity index (χ4v) is 3.28. The molecule has 0 aliphatic carbocycles. The van der Waals surface area contributed by atoms with E-state index in [2.05, 4.69) is 46.4 Å². The standard InChI is InChI=1S/C15H18BrNOS/c1-10-6-13(16)8-12(7-11(2)17)15(10)18-9-14-4-3-5-19-14/h3-6,8,11H,7,9,17H2,1-2H3. The smallest absolute Gasteiger partial charge is 0.126 e. The fraction of sp³-hybridized carbons (Fsp3) is 0.333. The summed E-state index contributed by atoms with van der Waals surface area (Å²) in [6.45, 7) is 4.70. The molecule has 4 heteroatoms. The van der Waals surface area contributed by atoms with Gasteiger partial charge in [-0.15, -0.1) is 11.3 Å². The Kier molecular flexibility index (Phi) is 5.02. The molecule has 0 aliphatic heterocycles. The molecule has 0 saturated carbocycles. The van der Waals surface area contributed by atoms with Gasteiger partial charge in [0.1, 0.15) is 12.4 Å². The maximum absolute atomic E-state index is 6.00. The largest absolute Gasteiger partial charge is 0.488 e. The van der Waals surface area contributed by atoms with Crippen LogP contribution >= 0.6 is 27.3 Å². The Morgan fingerprint density at radius 2 is 2.21 bits per heavy atom. The molecule has 1 aromatic heterocycles. The maximum Gasteiger partial charge on any atom is 0.126 e. The van der Waals surface area contributed by atoms with Crippen LogP contribution in [0, 0.1) is 6.92 Å². The second kappa shape index (κ2) is 6.55. The van der Waals surface area contributed by atoms with Gasteiger partial charge in [-0.05, 0) is 55.0 Å². The Morgan fingerprint density at radius 3 is 2.84 bits per heavy atom. The van der Waals surface area contributed by atoms with Crippen LogP contribution in [-0.2, 0) is 13.0 Å². The Morgan fingerprint density at radius 1 is 1.42 bits per heavy atom. The van der Waals surface area contributed by atoms with E-state index in [9.17, 15) is 0 Å². The van der Waals surface area contributed by atoms with E-state index in [4.69, 9.17) is 10.5 Å². The average molecular weight is 340 g/mol. The Labute approximate surface area is 126 Å². The first-order chi connectivity index (χ1) is 9.06. The highest BCUT2D eigenvalue weighted by atomic mass is 79.9. The van der Waals surface area contributed by atoms with Gasteiger partial charge in [0.15, 0.2) is 0 Å². The quantitative estimate of drug-likeness (QED) is 0.881. The van der Waals surface area contributed by atoms with Gasteiger partial charge in [-0.3, -0.25) is 0 Å². The van der Waals surface area contributed by atoms with Crippen molar-refractivity contribution < 1.29 is 4.74 Å². The van der Waals surface area contributed by atoms with Crippen LogP contribution in [0.5, 0.6) is 5.75 Å². The minimum Gasteiger partial charge on any atom is -0.488 e. The summed E-state index contributed by atoms with van der Waals surface area (Å²) < 4.78 is 7.08. The minimum atomic E-state index is 0.123. The minimum absolute atomic E-state index is 0.123. The van der Waals surface area contributed by atoms with Crippen molar-refractivity contribution in [1.82, 2.24) is 0 Å². The number of benzene rings is 1. The topological polar surface area (TPSA) is 35.2 Å². The predicted octanol–water partition coefficient (Wildman–Crippen LogP) is 4.29. The first-order valence-corrected chi connectivity index (χ1v) is 7.93. The highest BCUT2D eigenvalue weighted by Gasteiger charge is 2.11. The van der Waals surface area contributed by atoms with Crippen LogP contribution in [-0.4, -0.2) is 6.04 Å². The van der Waals surface area contributed by atoms with Crippen molar-refractivity contribution in [2.45, 2.75) is 32.9 Å². The molecular formula is C15H18BrNOS. The number of rotatable bonds is 5. The molecule has 0 saturated heterocycles. The molecular weight excluding hydrogens is 322 g/mol. The normalized spacial score (nSPS) is 12.4. The molecule has 1 aromatic carbocycles. The van der Waals surface area contributed by atoms with Gasteiger partial charge in [-0.1, -0.05) is 22.0 Å². The summed E-state index contributed by atoms with van der Waals surface area (Å²) in [5.41, 5.74) is 8.22. The average Bonchev–Trinajstić information content (AvgIpc) is 2.79. The van der Waals surface area contributed by atoms with Gasteiger partial charge in [0.2, 0.25) is 0 Å². The lowest BCUT2D eigenvalue weighted by Crippen LogP contribution is -2.18. The van der Waals surface area contributed by atoms with Gasteiger partial charge >= 0.3 is 0 Å². The van der Waals surface area contributed by atoms with Crippen molar-refractivity contribution in [3.63, 3.8) is 0 Å². The van der Waals surface area contributed by atoms with Gasteiger partial charge in [-0.2, -0.15) is 0 Å². The van der Waals surface area contributed by atoms with Gasteiger partial charge in [-0.25, -0.2) is 0 Å². The molecule has 102 valence electrons. The van der Waals surface area contributed by atoms with Crippen LogP contribution < -0.4 is 10.5 Å². The summed E-state index contributed by atoms with van der Waals surface area (Å²) in [6, 6.07) is 8.43. The predicted molar refractivity (Wildman–Crippen MR) is 84.9 cm³/mol. The maximum atomic E-state index is 6.00. The molecule has 19 heavy (non-hydrogen) atoms. The van der Waals surface area contributed by atoms with E-state index < -0.39 is 0 Å². The summed E-state index contributed by atoms with van der Waals surface area (Å²) in [5, 5.41) is 2.07. The molecule has 0 amide bonds. The number of thiophene rings is 1. The van der Waals surface area contributed by atoms with Crippen molar-refractivity contribution in [3.05, 3.63) is 50.1 Å². The fourth-order valence-electron chi connectivity index (χ4n) is 2.04. The molecule has 0 radical (unpaired) electrons. The van der Waals surface area contributed by atoms with Crippen LogP contribution in [0.15, 0.2) is 34.1 Å². The third kappa shape index (κ3) is 4.06. The monoisotopic (exact) mass is 339 g/mol. The molecule has 0 spiro atoms. The second-order valence-electron chi connectivity index (χ2n) is 4.76. The van der Waals surface area contributed by atoms with Crippen LogP contribution in [0.3, 0.4) is 0 Å². The number of aryl methyl sites for hydroxylation is 1. The Hall–Kier alpha value is -0.840. The van der Waals surface area contributed by atoms with Gasteiger partial charge in [0.25, 0.3) is 0 Å². The van der Waals surface area contributed by atoms with Crippen LogP contribution in [0.4, 0.5) is 0 Å². The second-order valence-corrected chi connectivity index (χ2v) is 6.71. The summed E-state index contributed by atoms with van der Waals surface area (Å²) in [5.74, 6) is 0.967. The number of hydrogen-bond acceptors (Lipinski definition) is 3. The van der Waals surface area contributed by atoms with E-state index in [0.717, 1.165) is 22.2 Å². The van der Waals surface area contributed by atoms with Crippen LogP contribution in [0.1, 0.15) is 22.9 Å². The van der Waals surface area contributed by atoms with Gasteiger partial charge in [0.05, 0.1) is 0 Å². The van der Waals surface area contributed by atoms with E-state index >= 15 is 0 Å². The molecule has 2 N–H and O–H groups in total. The number of halogens is 1. The molecule has 2 rings (SSSR count). The molecule has 1 heterocycles.